The molecule has 1 aromatic carbocycles. The summed E-state index contributed by atoms with van der Waals surface area (Å²) in [5, 5.41) is 3.07. The van der Waals surface area contributed by atoms with E-state index in [1.165, 1.54) is 31.2 Å². The van der Waals surface area contributed by atoms with E-state index in [1.54, 1.807) is 0 Å². The van der Waals surface area contributed by atoms with Gasteiger partial charge in [-0.15, -0.1) is 0 Å². The molecule has 3 N–H and O–H groups in total. The van der Waals surface area contributed by atoms with Crippen LogP contribution in [0.5, 0.6) is 0 Å². The summed E-state index contributed by atoms with van der Waals surface area (Å²) in [4.78, 5) is 12.1. The molecule has 0 atom stereocenters. The van der Waals surface area contributed by atoms with Crippen molar-refractivity contribution < 1.29 is 4.79 Å². The molecule has 1 fully saturated rings. The maximum atomic E-state index is 12.1. The lowest BCUT2D eigenvalue weighted by Crippen LogP contribution is -2.34. The van der Waals surface area contributed by atoms with Crippen LogP contribution in [0.15, 0.2) is 24.3 Å². The summed E-state index contributed by atoms with van der Waals surface area (Å²) in [6.45, 7) is 3.70. The molecule has 3 heteroatoms. The molecule has 0 aliphatic heterocycles. The van der Waals surface area contributed by atoms with Crippen molar-refractivity contribution in [1.29, 1.82) is 0 Å². The maximum absolute atomic E-state index is 12.1. The van der Waals surface area contributed by atoms with Crippen molar-refractivity contribution in [1.82, 2.24) is 5.32 Å². The second-order valence-corrected chi connectivity index (χ2v) is 5.94. The molecule has 3 nitrogen and oxygen atoms in total. The molecule has 1 saturated carbocycles. The number of carbonyl (C=O) groups is 1. The third kappa shape index (κ3) is 3.80. The first kappa shape index (κ1) is 14.1. The molecule has 0 saturated heterocycles. The van der Waals surface area contributed by atoms with Crippen LogP contribution >= 0.6 is 0 Å². The van der Waals surface area contributed by atoms with E-state index in [4.69, 9.17) is 5.73 Å². The number of carbonyl (C=O) groups excluding carboxylic acids is 1. The van der Waals surface area contributed by atoms with E-state index >= 15 is 0 Å². The van der Waals surface area contributed by atoms with E-state index in [-0.39, 0.29) is 5.91 Å². The monoisotopic (exact) mass is 260 g/mol. The van der Waals surface area contributed by atoms with Gasteiger partial charge in [-0.25, -0.2) is 0 Å². The van der Waals surface area contributed by atoms with Gasteiger partial charge in [0.2, 0.25) is 0 Å². The molecule has 1 aliphatic carbocycles. The average Bonchev–Trinajstić information content (AvgIpc) is 2.85. The molecule has 0 aromatic heterocycles. The van der Waals surface area contributed by atoms with E-state index in [9.17, 15) is 4.79 Å². The zero-order valence-corrected chi connectivity index (χ0v) is 11.7. The van der Waals surface area contributed by atoms with Crippen LogP contribution in [0.2, 0.25) is 0 Å². The van der Waals surface area contributed by atoms with Crippen molar-refractivity contribution in [3.8, 4) is 0 Å². The minimum atomic E-state index is 0.0347. The first-order chi connectivity index (χ1) is 9.13. The molecule has 1 aromatic rings. The molecule has 19 heavy (non-hydrogen) atoms. The smallest absolute Gasteiger partial charge is 0.251 e. The molecule has 0 heterocycles. The molecule has 0 spiro atoms. The molecule has 1 amide bonds. The van der Waals surface area contributed by atoms with Gasteiger partial charge in [0.05, 0.1) is 0 Å². The van der Waals surface area contributed by atoms with Gasteiger partial charge in [0.25, 0.3) is 5.91 Å². The Hall–Kier alpha value is -1.35. The highest BCUT2D eigenvalue weighted by atomic mass is 16.1. The van der Waals surface area contributed by atoms with Crippen LogP contribution in [-0.2, 0) is 6.42 Å². The number of rotatable bonds is 5. The van der Waals surface area contributed by atoms with E-state index in [2.05, 4.69) is 12.2 Å². The second-order valence-electron chi connectivity index (χ2n) is 5.94. The maximum Gasteiger partial charge on any atom is 0.251 e. The zero-order valence-electron chi connectivity index (χ0n) is 11.7. The normalized spacial score (nSPS) is 17.4. The number of amides is 1. The molecule has 1 aliphatic rings. The predicted molar refractivity (Wildman–Crippen MR) is 78.1 cm³/mol. The van der Waals surface area contributed by atoms with Gasteiger partial charge < -0.3 is 11.1 Å². The lowest BCUT2D eigenvalue weighted by atomic mass is 9.89. The van der Waals surface area contributed by atoms with Gasteiger partial charge in [-0.2, -0.15) is 0 Å². The molecule has 0 unspecified atom stereocenters. The van der Waals surface area contributed by atoms with Crippen molar-refractivity contribution in [3.05, 3.63) is 35.4 Å². The Morgan fingerprint density at radius 3 is 2.47 bits per heavy atom. The fourth-order valence-electron chi connectivity index (χ4n) is 2.79. The minimum Gasteiger partial charge on any atom is -0.351 e. The molecular weight excluding hydrogens is 236 g/mol. The molecule has 2 rings (SSSR count). The van der Waals surface area contributed by atoms with Gasteiger partial charge in [-0.3, -0.25) is 4.79 Å². The fourth-order valence-corrected chi connectivity index (χ4v) is 2.79. The van der Waals surface area contributed by atoms with Gasteiger partial charge in [0, 0.05) is 12.1 Å². The van der Waals surface area contributed by atoms with Crippen LogP contribution in [0.4, 0.5) is 0 Å². The van der Waals surface area contributed by atoms with Crippen molar-refractivity contribution >= 4 is 5.91 Å². The van der Waals surface area contributed by atoms with Crippen LogP contribution < -0.4 is 11.1 Å². The predicted octanol–water partition coefficient (Wildman–Crippen LogP) is 2.50. The van der Waals surface area contributed by atoms with Crippen LogP contribution in [0.1, 0.15) is 48.5 Å². The largest absolute Gasteiger partial charge is 0.351 e. The van der Waals surface area contributed by atoms with Crippen LogP contribution in [0, 0.1) is 5.41 Å². The first-order valence-electron chi connectivity index (χ1n) is 7.20. The quantitative estimate of drug-likeness (QED) is 0.854. The SMILES string of the molecule is CC1(CNC(=O)c2ccc(CCN)cc2)CCCC1. The standard InChI is InChI=1S/C16H24N2O/c1-16(9-2-3-10-16)12-18-15(19)14-6-4-13(5-7-14)8-11-17/h4-7H,2-3,8-12,17H2,1H3,(H,18,19). The Morgan fingerprint density at radius 1 is 1.26 bits per heavy atom. The number of hydrogen-bond donors (Lipinski definition) is 2. The highest BCUT2D eigenvalue weighted by Gasteiger charge is 2.28. The van der Waals surface area contributed by atoms with Gasteiger partial charge in [0.15, 0.2) is 0 Å². The number of nitrogens with one attached hydrogen (secondary N) is 1. The van der Waals surface area contributed by atoms with Crippen molar-refractivity contribution in [2.75, 3.05) is 13.1 Å². The molecule has 0 bridgehead atoms. The minimum absolute atomic E-state index is 0.0347. The van der Waals surface area contributed by atoms with Crippen LogP contribution in [0.3, 0.4) is 0 Å². The first-order valence-corrected chi connectivity index (χ1v) is 7.20. The van der Waals surface area contributed by atoms with Crippen molar-refractivity contribution in [2.24, 2.45) is 11.1 Å². The second kappa shape index (κ2) is 6.20. The van der Waals surface area contributed by atoms with Crippen LogP contribution in [0.25, 0.3) is 0 Å². The molecular formula is C16H24N2O. The summed E-state index contributed by atoms with van der Waals surface area (Å²) in [6.07, 6.45) is 5.89. The average molecular weight is 260 g/mol. The van der Waals surface area contributed by atoms with Gasteiger partial charge in [-0.1, -0.05) is 31.9 Å². The Balaban J connectivity index is 1.88. The van der Waals surface area contributed by atoms with Gasteiger partial charge in [-0.05, 0) is 48.9 Å². The van der Waals surface area contributed by atoms with E-state index in [0.29, 0.717) is 12.0 Å². The topological polar surface area (TPSA) is 55.1 Å². The fraction of sp³-hybridized carbons (Fsp3) is 0.562. The van der Waals surface area contributed by atoms with Crippen molar-refractivity contribution in [3.63, 3.8) is 0 Å². The van der Waals surface area contributed by atoms with Gasteiger partial charge >= 0.3 is 0 Å². The summed E-state index contributed by atoms with van der Waals surface area (Å²) in [5.41, 5.74) is 7.73. The van der Waals surface area contributed by atoms with Gasteiger partial charge in [0.1, 0.15) is 0 Å². The Kier molecular flexibility index (Phi) is 4.59. The Bertz CT molecular complexity index is 419. The zero-order chi connectivity index (χ0) is 13.7. The summed E-state index contributed by atoms with van der Waals surface area (Å²) < 4.78 is 0. The summed E-state index contributed by atoms with van der Waals surface area (Å²) in [5.74, 6) is 0.0347. The van der Waals surface area contributed by atoms with Crippen LogP contribution in [-0.4, -0.2) is 19.0 Å². The Labute approximate surface area is 115 Å². The number of nitrogens with two attached hydrogens (primary N) is 1. The third-order valence-corrected chi connectivity index (χ3v) is 4.14. The van der Waals surface area contributed by atoms with E-state index in [0.717, 1.165) is 18.5 Å². The molecule has 0 radical (unpaired) electrons. The lowest BCUT2D eigenvalue weighted by Gasteiger charge is -2.23. The highest BCUT2D eigenvalue weighted by Crippen LogP contribution is 2.36. The third-order valence-electron chi connectivity index (χ3n) is 4.14. The van der Waals surface area contributed by atoms with Crippen molar-refractivity contribution in [2.45, 2.75) is 39.0 Å². The number of hydrogen-bond acceptors (Lipinski definition) is 2. The summed E-state index contributed by atoms with van der Waals surface area (Å²) >= 11 is 0. The lowest BCUT2D eigenvalue weighted by molar-refractivity contribution is 0.0934. The Morgan fingerprint density at radius 2 is 1.89 bits per heavy atom. The van der Waals surface area contributed by atoms with E-state index < -0.39 is 0 Å². The highest BCUT2D eigenvalue weighted by molar-refractivity contribution is 5.94. The summed E-state index contributed by atoms with van der Waals surface area (Å²) in [7, 11) is 0. The van der Waals surface area contributed by atoms with E-state index in [1.807, 2.05) is 24.3 Å². The summed E-state index contributed by atoms with van der Waals surface area (Å²) in [6, 6.07) is 7.74. The molecule has 104 valence electrons. The number of benzene rings is 1.